The summed E-state index contributed by atoms with van der Waals surface area (Å²) >= 11 is 0. The average molecular weight is 364 g/mol. The van der Waals surface area contributed by atoms with Gasteiger partial charge < -0.3 is 5.32 Å². The molecule has 0 atom stereocenters. The largest absolute Gasteiger partial charge is 0.350 e. The lowest BCUT2D eigenvalue weighted by atomic mass is 10.1. The van der Waals surface area contributed by atoms with E-state index in [2.05, 4.69) is 10.4 Å². The predicted molar refractivity (Wildman–Crippen MR) is 95.6 cm³/mol. The molecule has 0 spiro atoms. The van der Waals surface area contributed by atoms with Gasteiger partial charge in [-0.2, -0.15) is 5.10 Å². The molecule has 0 saturated heterocycles. The Morgan fingerprint density at radius 3 is 2.32 bits per heavy atom. The Morgan fingerprint density at radius 2 is 1.76 bits per heavy atom. The molecule has 1 N–H and O–H groups in total. The van der Waals surface area contributed by atoms with Gasteiger partial charge in [0.2, 0.25) is 15.9 Å². The number of rotatable bonds is 6. The number of sulfonamides is 1. The van der Waals surface area contributed by atoms with Crippen LogP contribution in [0, 0.1) is 20.8 Å². The van der Waals surface area contributed by atoms with Crippen molar-refractivity contribution in [2.45, 2.75) is 38.8 Å². The maximum absolute atomic E-state index is 12.4. The van der Waals surface area contributed by atoms with Gasteiger partial charge in [0.15, 0.2) is 0 Å². The van der Waals surface area contributed by atoms with Crippen LogP contribution in [0.3, 0.4) is 0 Å². The van der Waals surface area contributed by atoms with E-state index >= 15 is 0 Å². The maximum atomic E-state index is 12.4. The van der Waals surface area contributed by atoms with Gasteiger partial charge in [-0.05, 0) is 26.3 Å². The zero-order chi connectivity index (χ0) is 18.8. The van der Waals surface area contributed by atoms with Gasteiger partial charge in [-0.25, -0.2) is 12.7 Å². The van der Waals surface area contributed by atoms with Gasteiger partial charge in [0.05, 0.1) is 11.4 Å². The SMILES string of the molecule is Cc1ccc(CNC(=O)Cn2nc(C)c(S(=O)(=O)N(C)C)c2C)cc1. The topological polar surface area (TPSA) is 84.3 Å². The molecule has 8 heteroatoms. The third kappa shape index (κ3) is 4.26. The van der Waals surface area contributed by atoms with E-state index in [1.54, 1.807) is 13.8 Å². The van der Waals surface area contributed by atoms with Gasteiger partial charge in [-0.3, -0.25) is 9.48 Å². The smallest absolute Gasteiger partial charge is 0.246 e. The molecule has 136 valence electrons. The molecule has 25 heavy (non-hydrogen) atoms. The quantitative estimate of drug-likeness (QED) is 0.839. The van der Waals surface area contributed by atoms with Crippen LogP contribution in [0.4, 0.5) is 0 Å². The number of hydrogen-bond donors (Lipinski definition) is 1. The highest BCUT2D eigenvalue weighted by atomic mass is 32.2. The van der Waals surface area contributed by atoms with Crippen LogP contribution < -0.4 is 5.32 Å². The number of carbonyl (C=O) groups is 1. The Kier molecular flexibility index (Phi) is 5.64. The molecule has 0 bridgehead atoms. The van der Waals surface area contributed by atoms with Crippen molar-refractivity contribution in [1.29, 1.82) is 0 Å². The lowest BCUT2D eigenvalue weighted by Crippen LogP contribution is -2.28. The molecule has 0 radical (unpaired) electrons. The Balaban J connectivity index is 2.10. The van der Waals surface area contributed by atoms with E-state index in [9.17, 15) is 13.2 Å². The number of benzene rings is 1. The standard InChI is InChI=1S/C17H24N4O3S/c1-12-6-8-15(9-7-12)10-18-16(22)11-21-14(3)17(13(2)19-21)25(23,24)20(4)5/h6-9H,10-11H2,1-5H3,(H,18,22). The number of aryl methyl sites for hydroxylation is 2. The first-order chi connectivity index (χ1) is 11.6. The van der Waals surface area contributed by atoms with Crippen LogP contribution >= 0.6 is 0 Å². The summed E-state index contributed by atoms with van der Waals surface area (Å²) in [6.07, 6.45) is 0. The minimum Gasteiger partial charge on any atom is -0.350 e. The second kappa shape index (κ2) is 7.37. The monoisotopic (exact) mass is 364 g/mol. The number of nitrogens with zero attached hydrogens (tertiary/aromatic N) is 3. The van der Waals surface area contributed by atoms with Gasteiger partial charge in [0.25, 0.3) is 0 Å². The Hall–Kier alpha value is -2.19. The van der Waals surface area contributed by atoms with Crippen LogP contribution in [0.15, 0.2) is 29.2 Å². The maximum Gasteiger partial charge on any atom is 0.246 e. The highest BCUT2D eigenvalue weighted by molar-refractivity contribution is 7.89. The zero-order valence-corrected chi connectivity index (χ0v) is 16.0. The fourth-order valence-corrected chi connectivity index (χ4v) is 3.75. The van der Waals surface area contributed by atoms with Crippen LogP contribution in [0.25, 0.3) is 0 Å². The van der Waals surface area contributed by atoms with Crippen molar-refractivity contribution in [3.05, 3.63) is 46.8 Å². The minimum absolute atomic E-state index is 0.0263. The molecular weight excluding hydrogens is 340 g/mol. The Morgan fingerprint density at radius 1 is 1.16 bits per heavy atom. The summed E-state index contributed by atoms with van der Waals surface area (Å²) in [4.78, 5) is 12.3. The second-order valence-electron chi connectivity index (χ2n) is 6.21. The summed E-state index contributed by atoms with van der Waals surface area (Å²) in [5.74, 6) is -0.222. The molecule has 2 rings (SSSR count). The number of nitrogens with one attached hydrogen (secondary N) is 1. The second-order valence-corrected chi connectivity index (χ2v) is 8.30. The van der Waals surface area contributed by atoms with E-state index in [0.717, 1.165) is 15.4 Å². The fraction of sp³-hybridized carbons (Fsp3) is 0.412. The van der Waals surface area contributed by atoms with Crippen molar-refractivity contribution >= 4 is 15.9 Å². The fourth-order valence-electron chi connectivity index (χ4n) is 2.49. The van der Waals surface area contributed by atoms with E-state index in [4.69, 9.17) is 0 Å². The van der Waals surface area contributed by atoms with E-state index in [0.29, 0.717) is 17.9 Å². The molecule has 2 aromatic rings. The third-order valence-electron chi connectivity index (χ3n) is 3.96. The van der Waals surface area contributed by atoms with E-state index < -0.39 is 10.0 Å². The van der Waals surface area contributed by atoms with Crippen molar-refractivity contribution in [2.75, 3.05) is 14.1 Å². The Labute approximate surface area is 148 Å². The lowest BCUT2D eigenvalue weighted by Gasteiger charge is -2.12. The summed E-state index contributed by atoms with van der Waals surface area (Å²) in [6, 6.07) is 7.89. The average Bonchev–Trinajstić information content (AvgIpc) is 2.81. The molecule has 1 aromatic heterocycles. The highest BCUT2D eigenvalue weighted by Crippen LogP contribution is 2.21. The van der Waals surface area contributed by atoms with Crippen LogP contribution in [-0.2, 0) is 27.9 Å². The molecule has 0 fully saturated rings. The van der Waals surface area contributed by atoms with Gasteiger partial charge in [0, 0.05) is 20.6 Å². The molecule has 7 nitrogen and oxygen atoms in total. The predicted octanol–water partition coefficient (Wildman–Crippen LogP) is 1.38. The Bertz CT molecular complexity index is 868. The first-order valence-electron chi connectivity index (χ1n) is 7.91. The number of aromatic nitrogens is 2. The van der Waals surface area contributed by atoms with E-state index in [1.807, 2.05) is 31.2 Å². The third-order valence-corrected chi connectivity index (χ3v) is 6.03. The molecule has 1 aromatic carbocycles. The molecule has 0 unspecified atom stereocenters. The van der Waals surface area contributed by atoms with Crippen molar-refractivity contribution in [3.63, 3.8) is 0 Å². The normalized spacial score (nSPS) is 11.8. The highest BCUT2D eigenvalue weighted by Gasteiger charge is 2.27. The lowest BCUT2D eigenvalue weighted by molar-refractivity contribution is -0.122. The van der Waals surface area contributed by atoms with Gasteiger partial charge >= 0.3 is 0 Å². The molecule has 0 aliphatic heterocycles. The minimum atomic E-state index is -3.59. The summed E-state index contributed by atoms with van der Waals surface area (Å²) in [6.45, 7) is 5.68. The van der Waals surface area contributed by atoms with Crippen LogP contribution in [-0.4, -0.2) is 42.5 Å². The first kappa shape index (κ1) is 19.1. The van der Waals surface area contributed by atoms with E-state index in [-0.39, 0.29) is 17.3 Å². The van der Waals surface area contributed by atoms with Crippen LogP contribution in [0.1, 0.15) is 22.5 Å². The van der Waals surface area contributed by atoms with Crippen molar-refractivity contribution in [2.24, 2.45) is 0 Å². The van der Waals surface area contributed by atoms with Gasteiger partial charge in [-0.15, -0.1) is 0 Å². The molecule has 1 amide bonds. The van der Waals surface area contributed by atoms with Crippen LogP contribution in [0.2, 0.25) is 0 Å². The van der Waals surface area contributed by atoms with E-state index in [1.165, 1.54) is 18.8 Å². The first-order valence-corrected chi connectivity index (χ1v) is 9.35. The summed E-state index contributed by atoms with van der Waals surface area (Å²) in [5.41, 5.74) is 3.00. The number of amides is 1. The molecular formula is C17H24N4O3S. The molecule has 0 saturated carbocycles. The number of carbonyl (C=O) groups excluding carboxylic acids is 1. The summed E-state index contributed by atoms with van der Waals surface area (Å²) in [7, 11) is -0.650. The molecule has 0 aliphatic carbocycles. The summed E-state index contributed by atoms with van der Waals surface area (Å²) in [5, 5.41) is 7.04. The van der Waals surface area contributed by atoms with Crippen molar-refractivity contribution in [1.82, 2.24) is 19.4 Å². The van der Waals surface area contributed by atoms with Gasteiger partial charge in [-0.1, -0.05) is 29.8 Å². The van der Waals surface area contributed by atoms with Crippen molar-refractivity contribution in [3.8, 4) is 0 Å². The number of hydrogen-bond acceptors (Lipinski definition) is 4. The van der Waals surface area contributed by atoms with Crippen molar-refractivity contribution < 1.29 is 13.2 Å². The summed E-state index contributed by atoms with van der Waals surface area (Å²) < 4.78 is 27.3. The molecule has 0 aliphatic rings. The van der Waals surface area contributed by atoms with Gasteiger partial charge in [0.1, 0.15) is 11.4 Å². The zero-order valence-electron chi connectivity index (χ0n) is 15.2. The molecule has 1 heterocycles. The van der Waals surface area contributed by atoms with Crippen LogP contribution in [0.5, 0.6) is 0 Å².